The third-order valence-electron chi connectivity index (χ3n) is 5.11. The van der Waals surface area contributed by atoms with Crippen molar-refractivity contribution in [1.82, 2.24) is 5.32 Å². The molecule has 2 aliphatic carbocycles. The first-order chi connectivity index (χ1) is 10.5. The van der Waals surface area contributed by atoms with E-state index in [4.69, 9.17) is 0 Å². The van der Waals surface area contributed by atoms with E-state index in [1.165, 1.54) is 5.56 Å². The first kappa shape index (κ1) is 15.1. The summed E-state index contributed by atoms with van der Waals surface area (Å²) in [5.74, 6) is -0.458. The van der Waals surface area contributed by atoms with Gasteiger partial charge in [-0.3, -0.25) is 9.59 Å². The smallest absolute Gasteiger partial charge is 0.310 e. The normalized spacial score (nSPS) is 20.8. The van der Waals surface area contributed by atoms with Gasteiger partial charge in [0.15, 0.2) is 0 Å². The van der Waals surface area contributed by atoms with Gasteiger partial charge in [0.25, 0.3) is 0 Å². The highest BCUT2D eigenvalue weighted by molar-refractivity contribution is 5.85. The van der Waals surface area contributed by atoms with E-state index in [0.717, 1.165) is 24.8 Å². The molecule has 2 saturated carbocycles. The molecule has 1 unspecified atom stereocenters. The Morgan fingerprint density at radius 3 is 2.36 bits per heavy atom. The summed E-state index contributed by atoms with van der Waals surface area (Å²) in [5.41, 5.74) is 1.51. The van der Waals surface area contributed by atoms with E-state index in [2.05, 4.69) is 29.6 Å². The molecule has 2 fully saturated rings. The largest absolute Gasteiger partial charge is 0.481 e. The third-order valence-corrected chi connectivity index (χ3v) is 5.11. The second kappa shape index (κ2) is 5.75. The maximum atomic E-state index is 12.4. The van der Waals surface area contributed by atoms with Gasteiger partial charge in [-0.05, 0) is 44.1 Å². The third kappa shape index (κ3) is 3.01. The molecular formula is C18H23NO3. The van der Waals surface area contributed by atoms with Gasteiger partial charge in [0, 0.05) is 6.42 Å². The van der Waals surface area contributed by atoms with Crippen LogP contribution < -0.4 is 5.32 Å². The average molecular weight is 301 g/mol. The number of carboxylic acids is 1. The zero-order chi connectivity index (χ0) is 15.7. The van der Waals surface area contributed by atoms with Crippen molar-refractivity contribution in [3.63, 3.8) is 0 Å². The minimum Gasteiger partial charge on any atom is -0.481 e. The number of carbonyl (C=O) groups is 2. The molecule has 22 heavy (non-hydrogen) atoms. The van der Waals surface area contributed by atoms with Crippen LogP contribution in [0.3, 0.4) is 0 Å². The van der Waals surface area contributed by atoms with Gasteiger partial charge in [0.2, 0.25) is 5.91 Å². The van der Waals surface area contributed by atoms with Crippen LogP contribution in [0.5, 0.6) is 0 Å². The topological polar surface area (TPSA) is 66.4 Å². The molecular weight excluding hydrogens is 278 g/mol. The van der Waals surface area contributed by atoms with E-state index in [1.807, 2.05) is 6.92 Å². The number of aliphatic carboxylic acids is 1. The lowest BCUT2D eigenvalue weighted by molar-refractivity contribution is -0.157. The van der Waals surface area contributed by atoms with E-state index in [-0.39, 0.29) is 18.4 Å². The quantitative estimate of drug-likeness (QED) is 0.848. The Labute approximate surface area is 130 Å². The lowest BCUT2D eigenvalue weighted by atomic mass is 9.66. The van der Waals surface area contributed by atoms with Crippen LogP contribution in [-0.2, 0) is 9.59 Å². The molecule has 2 aliphatic rings. The summed E-state index contributed by atoms with van der Waals surface area (Å²) in [6.07, 6.45) is 4.51. The van der Waals surface area contributed by atoms with Crippen LogP contribution >= 0.6 is 0 Å². The standard InChI is InChI=1S/C18H23NO3/c1-12-3-5-13(6-4-12)16(14-7-8-14)19-15(20)11-18(17(21)22)9-2-10-18/h3-6,14,16H,2,7-11H2,1H3,(H,19,20)(H,21,22). The Balaban J connectivity index is 1.67. The average Bonchev–Trinajstić information content (AvgIpc) is 3.25. The molecule has 0 bridgehead atoms. The van der Waals surface area contributed by atoms with Gasteiger partial charge >= 0.3 is 5.97 Å². The number of aryl methyl sites for hydroxylation is 1. The Hall–Kier alpha value is -1.84. The minimum atomic E-state index is -0.827. The van der Waals surface area contributed by atoms with E-state index >= 15 is 0 Å². The van der Waals surface area contributed by atoms with E-state index in [9.17, 15) is 14.7 Å². The highest BCUT2D eigenvalue weighted by Gasteiger charge is 2.46. The number of nitrogens with one attached hydrogen (secondary N) is 1. The molecule has 1 amide bonds. The van der Waals surface area contributed by atoms with Crippen LogP contribution in [0.4, 0.5) is 0 Å². The molecule has 0 spiro atoms. The Bertz CT molecular complexity index is 570. The van der Waals surface area contributed by atoms with Crippen molar-refractivity contribution in [3.05, 3.63) is 35.4 Å². The fourth-order valence-corrected chi connectivity index (χ4v) is 3.28. The van der Waals surface area contributed by atoms with Crippen molar-refractivity contribution in [2.75, 3.05) is 0 Å². The monoisotopic (exact) mass is 301 g/mol. The number of hydrogen-bond donors (Lipinski definition) is 2. The highest BCUT2D eigenvalue weighted by atomic mass is 16.4. The molecule has 4 nitrogen and oxygen atoms in total. The van der Waals surface area contributed by atoms with Gasteiger partial charge in [0.1, 0.15) is 0 Å². The Morgan fingerprint density at radius 2 is 1.91 bits per heavy atom. The summed E-state index contributed by atoms with van der Waals surface area (Å²) in [5, 5.41) is 12.4. The Kier molecular flexibility index (Phi) is 3.94. The molecule has 0 heterocycles. The maximum absolute atomic E-state index is 12.4. The van der Waals surface area contributed by atoms with Gasteiger partial charge in [-0.25, -0.2) is 0 Å². The summed E-state index contributed by atoms with van der Waals surface area (Å²) in [4.78, 5) is 23.8. The fraction of sp³-hybridized carbons (Fsp3) is 0.556. The van der Waals surface area contributed by atoms with Crippen molar-refractivity contribution in [1.29, 1.82) is 0 Å². The van der Waals surface area contributed by atoms with Crippen molar-refractivity contribution in [3.8, 4) is 0 Å². The van der Waals surface area contributed by atoms with Crippen LogP contribution in [-0.4, -0.2) is 17.0 Å². The summed E-state index contributed by atoms with van der Waals surface area (Å²) in [7, 11) is 0. The number of carbonyl (C=O) groups excluding carboxylic acids is 1. The molecule has 0 aromatic heterocycles. The number of hydrogen-bond acceptors (Lipinski definition) is 2. The second-order valence-electron chi connectivity index (χ2n) is 6.91. The maximum Gasteiger partial charge on any atom is 0.310 e. The zero-order valence-electron chi connectivity index (χ0n) is 13.0. The molecule has 0 saturated heterocycles. The molecule has 1 aromatic carbocycles. The van der Waals surface area contributed by atoms with Crippen LogP contribution in [0, 0.1) is 18.3 Å². The first-order valence-corrected chi connectivity index (χ1v) is 8.09. The van der Waals surface area contributed by atoms with E-state index in [0.29, 0.717) is 18.8 Å². The molecule has 1 atom stereocenters. The summed E-state index contributed by atoms with van der Waals surface area (Å²) >= 11 is 0. The van der Waals surface area contributed by atoms with Gasteiger partial charge in [-0.15, -0.1) is 0 Å². The van der Waals surface area contributed by atoms with Crippen molar-refractivity contribution in [2.45, 2.75) is 51.5 Å². The second-order valence-corrected chi connectivity index (χ2v) is 6.91. The molecule has 0 aliphatic heterocycles. The van der Waals surface area contributed by atoms with Gasteiger partial charge < -0.3 is 10.4 Å². The van der Waals surface area contributed by atoms with Crippen molar-refractivity contribution in [2.24, 2.45) is 11.3 Å². The van der Waals surface area contributed by atoms with Gasteiger partial charge in [-0.1, -0.05) is 36.2 Å². The number of rotatable bonds is 6. The summed E-state index contributed by atoms with van der Waals surface area (Å²) in [6, 6.07) is 8.27. The van der Waals surface area contributed by atoms with Crippen LogP contribution in [0.2, 0.25) is 0 Å². The molecule has 118 valence electrons. The fourth-order valence-electron chi connectivity index (χ4n) is 3.28. The molecule has 0 radical (unpaired) electrons. The van der Waals surface area contributed by atoms with Crippen LogP contribution in [0.25, 0.3) is 0 Å². The lowest BCUT2D eigenvalue weighted by Crippen LogP contribution is -2.43. The van der Waals surface area contributed by atoms with Crippen molar-refractivity contribution >= 4 is 11.9 Å². The SMILES string of the molecule is Cc1ccc(C(NC(=O)CC2(C(=O)O)CCC2)C2CC2)cc1. The highest BCUT2D eigenvalue weighted by Crippen LogP contribution is 2.45. The Morgan fingerprint density at radius 1 is 1.27 bits per heavy atom. The minimum absolute atomic E-state index is 0.0269. The lowest BCUT2D eigenvalue weighted by Gasteiger charge is -2.37. The number of carboxylic acid groups (broad SMARTS) is 1. The predicted molar refractivity (Wildman–Crippen MR) is 83.3 cm³/mol. The summed E-state index contributed by atoms with van der Waals surface area (Å²) < 4.78 is 0. The molecule has 3 rings (SSSR count). The van der Waals surface area contributed by atoms with Crippen LogP contribution in [0.15, 0.2) is 24.3 Å². The van der Waals surface area contributed by atoms with Gasteiger partial charge in [-0.2, -0.15) is 0 Å². The number of benzene rings is 1. The number of amides is 1. The van der Waals surface area contributed by atoms with Crippen LogP contribution in [0.1, 0.15) is 55.7 Å². The molecule has 2 N–H and O–H groups in total. The first-order valence-electron chi connectivity index (χ1n) is 8.09. The van der Waals surface area contributed by atoms with Gasteiger partial charge in [0.05, 0.1) is 11.5 Å². The zero-order valence-corrected chi connectivity index (χ0v) is 13.0. The molecule has 4 heteroatoms. The van der Waals surface area contributed by atoms with Crippen molar-refractivity contribution < 1.29 is 14.7 Å². The van der Waals surface area contributed by atoms with E-state index < -0.39 is 11.4 Å². The summed E-state index contributed by atoms with van der Waals surface area (Å²) in [6.45, 7) is 2.04. The molecule has 1 aromatic rings. The van der Waals surface area contributed by atoms with E-state index in [1.54, 1.807) is 0 Å². The predicted octanol–water partition coefficient (Wildman–Crippen LogP) is 3.21.